The fraction of sp³-hybridized carbons (Fsp3) is 0.211. The van der Waals surface area contributed by atoms with E-state index in [-0.39, 0.29) is 18.2 Å². The largest absolute Gasteiger partial charge is 0.318 e. The van der Waals surface area contributed by atoms with E-state index in [4.69, 9.17) is 0 Å². The second-order valence-electron chi connectivity index (χ2n) is 6.67. The van der Waals surface area contributed by atoms with Crippen molar-refractivity contribution >= 4 is 54.6 Å². The number of nitrogens with one attached hydrogen (secondary N) is 1. The molecule has 7 nitrogen and oxygen atoms in total. The number of amides is 1. The zero-order valence-corrected chi connectivity index (χ0v) is 18.2. The Hall–Kier alpha value is -2.56. The Labute approximate surface area is 176 Å². The minimum absolute atomic E-state index is 0.0433. The highest BCUT2D eigenvalue weighted by atomic mass is 32.2. The molecule has 3 heterocycles. The first-order valence-electron chi connectivity index (χ1n) is 8.72. The third-order valence-corrected chi connectivity index (χ3v) is 6.73. The zero-order valence-electron chi connectivity index (χ0n) is 15.7. The quantitative estimate of drug-likeness (QED) is 0.487. The molecule has 1 aromatic carbocycles. The van der Waals surface area contributed by atoms with E-state index < -0.39 is 9.84 Å². The van der Waals surface area contributed by atoms with E-state index >= 15 is 0 Å². The lowest BCUT2D eigenvalue weighted by molar-refractivity contribution is -0.116. The Kier molecular flexibility index (Phi) is 5.24. The molecule has 0 saturated carbocycles. The maximum absolute atomic E-state index is 12.7. The van der Waals surface area contributed by atoms with Crippen LogP contribution in [0.15, 0.2) is 41.8 Å². The van der Waals surface area contributed by atoms with E-state index in [1.54, 1.807) is 22.0 Å². The number of thiophene rings is 1. The molecule has 150 valence electrons. The van der Waals surface area contributed by atoms with Crippen LogP contribution in [0.1, 0.15) is 10.7 Å². The number of fused-ring (bicyclic) bond motifs is 1. The number of benzene rings is 1. The highest BCUT2D eigenvalue weighted by Gasteiger charge is 2.18. The average Bonchev–Trinajstić information content (AvgIpc) is 3.34. The van der Waals surface area contributed by atoms with E-state index in [9.17, 15) is 13.2 Å². The highest BCUT2D eigenvalue weighted by molar-refractivity contribution is 7.89. The number of nitrogens with zero attached hydrogens (tertiary/aromatic N) is 3. The monoisotopic (exact) mass is 446 g/mol. The summed E-state index contributed by atoms with van der Waals surface area (Å²) >= 11 is 3.00. The molecule has 0 bridgehead atoms. The summed E-state index contributed by atoms with van der Waals surface area (Å²) in [6.45, 7) is 1.99. The molecule has 10 heteroatoms. The summed E-state index contributed by atoms with van der Waals surface area (Å²) in [5, 5.41) is 5.22. The lowest BCUT2D eigenvalue weighted by Gasteiger charge is -2.08. The van der Waals surface area contributed by atoms with Gasteiger partial charge < -0.3 is 9.88 Å². The second kappa shape index (κ2) is 7.69. The van der Waals surface area contributed by atoms with Gasteiger partial charge in [-0.2, -0.15) is 0 Å². The molecule has 0 fully saturated rings. The van der Waals surface area contributed by atoms with Crippen LogP contribution in [0.25, 0.3) is 21.6 Å². The van der Waals surface area contributed by atoms with Gasteiger partial charge in [0.2, 0.25) is 5.91 Å². The molecule has 0 unspecified atom stereocenters. The van der Waals surface area contributed by atoms with Crippen LogP contribution in [-0.2, 0) is 26.9 Å². The Morgan fingerprint density at radius 3 is 2.69 bits per heavy atom. The van der Waals surface area contributed by atoms with Gasteiger partial charge in [0.1, 0.15) is 18.1 Å². The molecule has 0 aliphatic carbocycles. The number of hydrogen-bond acceptors (Lipinski definition) is 7. The Bertz CT molecular complexity index is 1300. The van der Waals surface area contributed by atoms with Crippen LogP contribution < -0.4 is 5.32 Å². The Morgan fingerprint density at radius 1 is 1.17 bits per heavy atom. The lowest BCUT2D eigenvalue weighted by atomic mass is 10.3. The molecule has 0 saturated heterocycles. The zero-order chi connectivity index (χ0) is 20.6. The first kappa shape index (κ1) is 19.7. The maximum atomic E-state index is 12.7. The van der Waals surface area contributed by atoms with Crippen LogP contribution in [-0.4, -0.2) is 35.1 Å². The molecule has 1 N–H and O–H groups in total. The van der Waals surface area contributed by atoms with Crippen molar-refractivity contribution in [2.24, 2.45) is 0 Å². The van der Waals surface area contributed by atoms with Gasteiger partial charge in [-0.1, -0.05) is 12.1 Å². The van der Waals surface area contributed by atoms with Crippen LogP contribution in [0.2, 0.25) is 0 Å². The van der Waals surface area contributed by atoms with Gasteiger partial charge in [-0.05, 0) is 31.2 Å². The number of imidazole rings is 1. The van der Waals surface area contributed by atoms with Crippen molar-refractivity contribution in [1.29, 1.82) is 0 Å². The third kappa shape index (κ3) is 4.55. The smallest absolute Gasteiger partial charge is 0.246 e. The van der Waals surface area contributed by atoms with Crippen molar-refractivity contribution < 1.29 is 13.2 Å². The molecule has 0 aliphatic heterocycles. The van der Waals surface area contributed by atoms with Crippen LogP contribution in [0.3, 0.4) is 0 Å². The van der Waals surface area contributed by atoms with Gasteiger partial charge >= 0.3 is 0 Å². The molecule has 29 heavy (non-hydrogen) atoms. The molecule has 0 aliphatic rings. The standard InChI is InChI=1S/C19H18N4O3S3/c1-12-7-8-16(28-12)14-10-27-19(21-14)22-18(24)9-23-15-6-4-3-5-13(15)20-17(23)11-29(2,25)26/h3-8,10H,9,11H2,1-2H3,(H,21,22,24). The molecule has 0 spiro atoms. The summed E-state index contributed by atoms with van der Waals surface area (Å²) in [7, 11) is -3.29. The van der Waals surface area contributed by atoms with Gasteiger partial charge in [-0.3, -0.25) is 4.79 Å². The number of aromatic nitrogens is 3. The van der Waals surface area contributed by atoms with Crippen LogP contribution >= 0.6 is 22.7 Å². The number of rotatable bonds is 6. The topological polar surface area (TPSA) is 94.0 Å². The summed E-state index contributed by atoms with van der Waals surface area (Å²) in [4.78, 5) is 23.8. The first-order chi connectivity index (χ1) is 13.8. The van der Waals surface area contributed by atoms with E-state index in [0.29, 0.717) is 16.5 Å². The third-order valence-electron chi connectivity index (χ3n) is 4.17. The number of sulfone groups is 1. The molecule has 0 atom stereocenters. The summed E-state index contributed by atoms with van der Waals surface area (Å²) in [5.41, 5.74) is 2.20. The predicted molar refractivity (Wildman–Crippen MR) is 117 cm³/mol. The summed E-state index contributed by atoms with van der Waals surface area (Å²) in [5.74, 6) is -0.169. The minimum atomic E-state index is -3.29. The highest BCUT2D eigenvalue weighted by Crippen LogP contribution is 2.30. The van der Waals surface area contributed by atoms with Crippen molar-refractivity contribution in [2.45, 2.75) is 19.2 Å². The molecule has 3 aromatic heterocycles. The van der Waals surface area contributed by atoms with Gasteiger partial charge in [-0.25, -0.2) is 18.4 Å². The fourth-order valence-electron chi connectivity index (χ4n) is 2.97. The maximum Gasteiger partial charge on any atom is 0.246 e. The first-order valence-corrected chi connectivity index (χ1v) is 12.5. The second-order valence-corrected chi connectivity index (χ2v) is 11.0. The SMILES string of the molecule is Cc1ccc(-c2csc(NC(=O)Cn3c(CS(C)(=O)=O)nc4ccccc43)n2)s1. The average molecular weight is 447 g/mol. The van der Waals surface area contributed by atoms with Gasteiger partial charge in [0.25, 0.3) is 0 Å². The molecule has 0 radical (unpaired) electrons. The predicted octanol–water partition coefficient (Wildman–Crippen LogP) is 3.71. The van der Waals surface area contributed by atoms with Gasteiger partial charge in [0.05, 0.1) is 21.6 Å². The number of hydrogen-bond donors (Lipinski definition) is 1. The van der Waals surface area contributed by atoms with E-state index in [0.717, 1.165) is 22.3 Å². The molecule has 1 amide bonds. The molecule has 4 aromatic rings. The van der Waals surface area contributed by atoms with Gasteiger partial charge in [-0.15, -0.1) is 22.7 Å². The lowest BCUT2D eigenvalue weighted by Crippen LogP contribution is -2.21. The van der Waals surface area contributed by atoms with Gasteiger partial charge in [0, 0.05) is 16.5 Å². The molecular weight excluding hydrogens is 428 g/mol. The summed E-state index contributed by atoms with van der Waals surface area (Å²) in [6.07, 6.45) is 1.15. The summed E-state index contributed by atoms with van der Waals surface area (Å²) in [6, 6.07) is 11.3. The van der Waals surface area contributed by atoms with Crippen molar-refractivity contribution in [1.82, 2.24) is 14.5 Å². The number of aryl methyl sites for hydroxylation is 1. The van der Waals surface area contributed by atoms with Gasteiger partial charge in [0.15, 0.2) is 15.0 Å². The van der Waals surface area contributed by atoms with Crippen molar-refractivity contribution in [3.05, 3.63) is 52.5 Å². The summed E-state index contributed by atoms with van der Waals surface area (Å²) < 4.78 is 25.2. The molecule has 4 rings (SSSR count). The Morgan fingerprint density at radius 2 is 1.97 bits per heavy atom. The van der Waals surface area contributed by atoms with Crippen LogP contribution in [0, 0.1) is 6.92 Å². The van der Waals surface area contributed by atoms with Crippen molar-refractivity contribution in [3.8, 4) is 10.6 Å². The number of carbonyl (C=O) groups is 1. The number of para-hydroxylation sites is 2. The molecular formula is C19H18N4O3S3. The normalized spacial score (nSPS) is 11.8. The van der Waals surface area contributed by atoms with E-state index in [1.807, 2.05) is 42.6 Å². The number of carbonyl (C=O) groups excluding carboxylic acids is 1. The van der Waals surface area contributed by atoms with Crippen molar-refractivity contribution in [2.75, 3.05) is 11.6 Å². The van der Waals surface area contributed by atoms with E-state index in [2.05, 4.69) is 15.3 Å². The van der Waals surface area contributed by atoms with Crippen LogP contribution in [0.4, 0.5) is 5.13 Å². The van der Waals surface area contributed by atoms with E-state index in [1.165, 1.54) is 16.2 Å². The minimum Gasteiger partial charge on any atom is -0.318 e. The Balaban J connectivity index is 1.56. The fourth-order valence-corrected chi connectivity index (χ4v) is 5.28. The van der Waals surface area contributed by atoms with Crippen molar-refractivity contribution in [3.63, 3.8) is 0 Å². The van der Waals surface area contributed by atoms with Crippen LogP contribution in [0.5, 0.6) is 0 Å². The number of thiazole rings is 1. The number of anilines is 1.